The molecule has 2 aromatic rings. The molecule has 0 unspecified atom stereocenters. The first-order valence-corrected chi connectivity index (χ1v) is 5.73. The lowest BCUT2D eigenvalue weighted by Crippen LogP contribution is -2.21. The van der Waals surface area contributed by atoms with E-state index in [1.54, 1.807) is 11.3 Å². The third-order valence-electron chi connectivity index (χ3n) is 2.66. The number of rotatable bonds is 1. The van der Waals surface area contributed by atoms with Crippen LogP contribution in [0.1, 0.15) is 11.6 Å². The topological polar surface area (TPSA) is 41.1 Å². The van der Waals surface area contributed by atoms with Crippen LogP contribution in [0.4, 0.5) is 4.79 Å². The number of benzene rings is 1. The van der Waals surface area contributed by atoms with Gasteiger partial charge in [0.15, 0.2) is 0 Å². The second-order valence-electron chi connectivity index (χ2n) is 3.59. The van der Waals surface area contributed by atoms with Gasteiger partial charge in [-0.1, -0.05) is 18.2 Å². The lowest BCUT2D eigenvalue weighted by Gasteiger charge is -2.06. The summed E-state index contributed by atoms with van der Waals surface area (Å²) in [6.07, 6.45) is 0. The summed E-state index contributed by atoms with van der Waals surface area (Å²) in [7, 11) is 0. The van der Waals surface area contributed by atoms with E-state index < -0.39 is 0 Å². The van der Waals surface area contributed by atoms with Crippen LogP contribution in [0.25, 0.3) is 10.1 Å². The molecular weight excluding hydrogens is 208 g/mol. The first kappa shape index (κ1) is 8.73. The SMILES string of the molecule is O=C1NC[C@H](c2csc3ccccc23)N1. The fourth-order valence-electron chi connectivity index (χ4n) is 1.91. The van der Waals surface area contributed by atoms with Gasteiger partial charge in [0.1, 0.15) is 0 Å². The van der Waals surface area contributed by atoms with E-state index in [-0.39, 0.29) is 12.1 Å². The van der Waals surface area contributed by atoms with Gasteiger partial charge in [0, 0.05) is 11.2 Å². The van der Waals surface area contributed by atoms with Gasteiger partial charge < -0.3 is 10.6 Å². The van der Waals surface area contributed by atoms with Crippen LogP contribution in [0.3, 0.4) is 0 Å². The van der Waals surface area contributed by atoms with E-state index in [0.717, 1.165) is 0 Å². The van der Waals surface area contributed by atoms with Crippen molar-refractivity contribution in [2.45, 2.75) is 6.04 Å². The van der Waals surface area contributed by atoms with Crippen LogP contribution >= 0.6 is 11.3 Å². The number of thiophene rings is 1. The van der Waals surface area contributed by atoms with Gasteiger partial charge in [0.05, 0.1) is 6.04 Å². The van der Waals surface area contributed by atoms with E-state index >= 15 is 0 Å². The van der Waals surface area contributed by atoms with Gasteiger partial charge in [-0.25, -0.2) is 4.79 Å². The van der Waals surface area contributed by atoms with Crippen LogP contribution in [0.2, 0.25) is 0 Å². The molecule has 1 aliphatic heterocycles. The third kappa shape index (κ3) is 1.37. The second kappa shape index (κ2) is 3.24. The molecule has 15 heavy (non-hydrogen) atoms. The van der Waals surface area contributed by atoms with Crippen molar-refractivity contribution >= 4 is 27.5 Å². The molecule has 0 aliphatic carbocycles. The van der Waals surface area contributed by atoms with Crippen LogP contribution < -0.4 is 10.6 Å². The monoisotopic (exact) mass is 218 g/mol. The Hall–Kier alpha value is -1.55. The average Bonchev–Trinajstić information content (AvgIpc) is 2.83. The molecule has 2 amide bonds. The molecule has 1 fully saturated rings. The zero-order valence-corrected chi connectivity index (χ0v) is 8.80. The van der Waals surface area contributed by atoms with E-state index in [4.69, 9.17) is 0 Å². The fourth-order valence-corrected chi connectivity index (χ4v) is 2.93. The van der Waals surface area contributed by atoms with Gasteiger partial charge in [0.25, 0.3) is 0 Å². The van der Waals surface area contributed by atoms with Crippen molar-refractivity contribution in [3.05, 3.63) is 35.2 Å². The van der Waals surface area contributed by atoms with E-state index in [2.05, 4.69) is 28.1 Å². The molecule has 1 saturated heterocycles. The Labute approximate surface area is 91.1 Å². The quantitative estimate of drug-likeness (QED) is 0.757. The molecule has 0 bridgehead atoms. The van der Waals surface area contributed by atoms with Crippen molar-refractivity contribution in [2.24, 2.45) is 0 Å². The summed E-state index contributed by atoms with van der Waals surface area (Å²) in [5, 5.41) is 9.06. The zero-order chi connectivity index (χ0) is 10.3. The molecule has 1 aromatic heterocycles. The molecule has 2 N–H and O–H groups in total. The molecular formula is C11H10N2OS. The minimum absolute atomic E-state index is 0.0738. The van der Waals surface area contributed by atoms with Gasteiger partial charge >= 0.3 is 6.03 Å². The Morgan fingerprint density at radius 3 is 3.00 bits per heavy atom. The minimum Gasteiger partial charge on any atom is -0.336 e. The Balaban J connectivity index is 2.07. The maximum absolute atomic E-state index is 11.1. The van der Waals surface area contributed by atoms with Crippen molar-refractivity contribution in [1.29, 1.82) is 0 Å². The molecule has 1 atom stereocenters. The van der Waals surface area contributed by atoms with Gasteiger partial charge in [-0.2, -0.15) is 0 Å². The number of carbonyl (C=O) groups excluding carboxylic acids is 1. The molecule has 3 rings (SSSR count). The molecule has 0 spiro atoms. The normalized spacial score (nSPS) is 20.3. The number of carbonyl (C=O) groups is 1. The van der Waals surface area contributed by atoms with Crippen LogP contribution in [0, 0.1) is 0 Å². The summed E-state index contributed by atoms with van der Waals surface area (Å²) >= 11 is 1.72. The predicted molar refractivity (Wildman–Crippen MR) is 61.1 cm³/mol. The van der Waals surface area contributed by atoms with Crippen LogP contribution in [0.15, 0.2) is 29.6 Å². The molecule has 2 heterocycles. The molecule has 76 valence electrons. The standard InChI is InChI=1S/C11H10N2OS/c14-11-12-5-9(13-11)8-6-15-10-4-2-1-3-7(8)10/h1-4,6,9H,5H2,(H2,12,13,14)/t9-/m1/s1. The first-order valence-electron chi connectivity index (χ1n) is 4.85. The van der Waals surface area contributed by atoms with Crippen LogP contribution in [-0.2, 0) is 0 Å². The summed E-state index contributed by atoms with van der Waals surface area (Å²) in [6, 6.07) is 8.32. The second-order valence-corrected chi connectivity index (χ2v) is 4.51. The van der Waals surface area contributed by atoms with Crippen molar-refractivity contribution < 1.29 is 4.79 Å². The van der Waals surface area contributed by atoms with E-state index in [0.29, 0.717) is 6.54 Å². The lowest BCUT2D eigenvalue weighted by molar-refractivity contribution is 0.247. The number of nitrogens with one attached hydrogen (secondary N) is 2. The third-order valence-corrected chi connectivity index (χ3v) is 3.64. The molecule has 0 saturated carbocycles. The summed E-state index contributed by atoms with van der Waals surface area (Å²) in [5.74, 6) is 0. The van der Waals surface area contributed by atoms with E-state index in [1.807, 2.05) is 12.1 Å². The van der Waals surface area contributed by atoms with Gasteiger partial charge in [-0.15, -0.1) is 11.3 Å². The highest BCUT2D eigenvalue weighted by Gasteiger charge is 2.23. The van der Waals surface area contributed by atoms with Crippen molar-refractivity contribution in [3.63, 3.8) is 0 Å². The maximum Gasteiger partial charge on any atom is 0.315 e. The maximum atomic E-state index is 11.1. The zero-order valence-electron chi connectivity index (χ0n) is 7.99. The van der Waals surface area contributed by atoms with E-state index in [9.17, 15) is 4.79 Å². The highest BCUT2D eigenvalue weighted by Crippen LogP contribution is 2.30. The Morgan fingerprint density at radius 1 is 1.33 bits per heavy atom. The molecule has 1 aliphatic rings. The number of amides is 2. The summed E-state index contributed by atoms with van der Waals surface area (Å²) in [6.45, 7) is 0.680. The number of hydrogen-bond acceptors (Lipinski definition) is 2. The Bertz CT molecular complexity index is 520. The van der Waals surface area contributed by atoms with Gasteiger partial charge in [0.2, 0.25) is 0 Å². The fraction of sp³-hybridized carbons (Fsp3) is 0.182. The summed E-state index contributed by atoms with van der Waals surface area (Å²) in [5.41, 5.74) is 1.22. The Morgan fingerprint density at radius 2 is 2.20 bits per heavy atom. The molecule has 1 aromatic carbocycles. The minimum atomic E-state index is -0.0738. The largest absolute Gasteiger partial charge is 0.336 e. The van der Waals surface area contributed by atoms with Crippen LogP contribution in [-0.4, -0.2) is 12.6 Å². The number of hydrogen-bond donors (Lipinski definition) is 2. The number of urea groups is 1. The smallest absolute Gasteiger partial charge is 0.315 e. The van der Waals surface area contributed by atoms with E-state index in [1.165, 1.54) is 15.6 Å². The highest BCUT2D eigenvalue weighted by atomic mass is 32.1. The molecule has 3 nitrogen and oxygen atoms in total. The Kier molecular flexibility index (Phi) is 1.89. The lowest BCUT2D eigenvalue weighted by atomic mass is 10.1. The highest BCUT2D eigenvalue weighted by molar-refractivity contribution is 7.17. The average molecular weight is 218 g/mol. The van der Waals surface area contributed by atoms with Gasteiger partial charge in [-0.05, 0) is 22.4 Å². The van der Waals surface area contributed by atoms with Crippen molar-refractivity contribution in [2.75, 3.05) is 6.54 Å². The molecule has 0 radical (unpaired) electrons. The summed E-state index contributed by atoms with van der Waals surface area (Å²) in [4.78, 5) is 11.1. The first-order chi connectivity index (χ1) is 7.34. The summed E-state index contributed by atoms with van der Waals surface area (Å²) < 4.78 is 1.27. The van der Waals surface area contributed by atoms with Gasteiger partial charge in [-0.3, -0.25) is 0 Å². The molecule has 4 heteroatoms. The van der Waals surface area contributed by atoms with Crippen molar-refractivity contribution in [1.82, 2.24) is 10.6 Å². The van der Waals surface area contributed by atoms with Crippen LogP contribution in [0.5, 0.6) is 0 Å². The predicted octanol–water partition coefficient (Wildman–Crippen LogP) is 2.26. The number of fused-ring (bicyclic) bond motifs is 1. The van der Waals surface area contributed by atoms with Crippen molar-refractivity contribution in [3.8, 4) is 0 Å².